The molecule has 0 bridgehead atoms. The zero-order valence-electron chi connectivity index (χ0n) is 10.6. The quantitative estimate of drug-likeness (QED) is 0.728. The van der Waals surface area contributed by atoms with E-state index in [1.165, 1.54) is 0 Å². The number of rotatable bonds is 5. The van der Waals surface area contributed by atoms with Crippen molar-refractivity contribution in [2.45, 2.75) is 12.8 Å². The van der Waals surface area contributed by atoms with Crippen LogP contribution in [-0.2, 0) is 0 Å². The van der Waals surface area contributed by atoms with E-state index >= 15 is 0 Å². The molecular weight excluding hydrogens is 260 g/mol. The highest BCUT2D eigenvalue weighted by Gasteiger charge is 2.10. The van der Waals surface area contributed by atoms with E-state index in [4.69, 9.17) is 11.5 Å². The molecule has 5 nitrogen and oxygen atoms in total. The lowest BCUT2D eigenvalue weighted by atomic mass is 10.1. The Bertz CT molecular complexity index is 568. The third kappa shape index (κ3) is 3.23. The van der Waals surface area contributed by atoms with Crippen molar-refractivity contribution < 1.29 is 4.79 Å². The molecule has 1 heterocycles. The van der Waals surface area contributed by atoms with E-state index in [2.05, 4.69) is 17.2 Å². The molecule has 0 radical (unpaired) electrons. The second-order valence-electron chi connectivity index (χ2n) is 4.32. The molecule has 2 aromatic rings. The van der Waals surface area contributed by atoms with Crippen LogP contribution in [0.2, 0.25) is 0 Å². The molecule has 0 fully saturated rings. The van der Waals surface area contributed by atoms with Gasteiger partial charge in [-0.05, 0) is 18.2 Å². The molecule has 100 valence electrons. The zero-order valence-corrected chi connectivity index (χ0v) is 11.4. The molecule has 19 heavy (non-hydrogen) atoms. The maximum absolute atomic E-state index is 11.2. The summed E-state index contributed by atoms with van der Waals surface area (Å²) in [6.07, 6.45) is 1.80. The summed E-state index contributed by atoms with van der Waals surface area (Å²) in [7, 11) is 0. The normalized spacial score (nSPS) is 12.1. The fourth-order valence-electron chi connectivity index (χ4n) is 1.72. The number of amides is 1. The predicted octanol–water partition coefficient (Wildman–Crippen LogP) is 2.04. The lowest BCUT2D eigenvalue weighted by molar-refractivity contribution is 0.100. The topological polar surface area (TPSA) is 94.0 Å². The molecule has 0 saturated carbocycles. The van der Waals surface area contributed by atoms with Gasteiger partial charge in [-0.3, -0.25) is 4.79 Å². The van der Waals surface area contributed by atoms with Crippen LogP contribution in [-0.4, -0.2) is 17.4 Å². The minimum atomic E-state index is -0.519. The van der Waals surface area contributed by atoms with E-state index in [9.17, 15) is 4.79 Å². The summed E-state index contributed by atoms with van der Waals surface area (Å²) >= 11 is 1.63. The fraction of sp³-hybridized carbons (Fsp3) is 0.231. The van der Waals surface area contributed by atoms with Crippen molar-refractivity contribution in [2.75, 3.05) is 17.6 Å². The molecule has 1 amide bonds. The lowest BCUT2D eigenvalue weighted by Crippen LogP contribution is -2.15. The maximum atomic E-state index is 11.2. The van der Waals surface area contributed by atoms with Gasteiger partial charge in [0.2, 0.25) is 0 Å². The van der Waals surface area contributed by atoms with Crippen LogP contribution >= 0.6 is 11.3 Å². The van der Waals surface area contributed by atoms with Crippen molar-refractivity contribution >= 4 is 28.6 Å². The standard InChI is InChI=1S/C13H16N4OS/c1-8(13-16-4-5-19-13)7-17-9-2-3-11(14)10(6-9)12(15)18/h2-6,8,17H,7,14H2,1H3,(H2,15,18). The molecule has 0 saturated heterocycles. The minimum Gasteiger partial charge on any atom is -0.398 e. The fourth-order valence-corrected chi connectivity index (χ4v) is 2.41. The Morgan fingerprint density at radius 3 is 2.95 bits per heavy atom. The van der Waals surface area contributed by atoms with Crippen LogP contribution < -0.4 is 16.8 Å². The smallest absolute Gasteiger partial charge is 0.250 e. The second kappa shape index (κ2) is 5.71. The van der Waals surface area contributed by atoms with Gasteiger partial charge < -0.3 is 16.8 Å². The van der Waals surface area contributed by atoms with Crippen LogP contribution in [0.25, 0.3) is 0 Å². The van der Waals surface area contributed by atoms with Gasteiger partial charge in [0.05, 0.1) is 10.6 Å². The van der Waals surface area contributed by atoms with E-state index in [1.807, 2.05) is 11.4 Å². The lowest BCUT2D eigenvalue weighted by Gasteiger charge is -2.12. The highest BCUT2D eigenvalue weighted by Crippen LogP contribution is 2.21. The third-order valence-electron chi connectivity index (χ3n) is 2.80. The number of anilines is 2. The molecule has 6 heteroatoms. The van der Waals surface area contributed by atoms with E-state index in [1.54, 1.807) is 29.7 Å². The largest absolute Gasteiger partial charge is 0.398 e. The van der Waals surface area contributed by atoms with Gasteiger partial charge in [-0.1, -0.05) is 6.92 Å². The van der Waals surface area contributed by atoms with Crippen LogP contribution in [0.3, 0.4) is 0 Å². The van der Waals surface area contributed by atoms with Crippen molar-refractivity contribution in [3.05, 3.63) is 40.3 Å². The third-order valence-corrected chi connectivity index (χ3v) is 3.81. The van der Waals surface area contributed by atoms with Gasteiger partial charge in [0.15, 0.2) is 0 Å². The predicted molar refractivity (Wildman–Crippen MR) is 78.4 cm³/mol. The first-order valence-corrected chi connectivity index (χ1v) is 6.78. The average Bonchev–Trinajstić information content (AvgIpc) is 2.91. The van der Waals surface area contributed by atoms with Crippen molar-refractivity contribution in [3.63, 3.8) is 0 Å². The van der Waals surface area contributed by atoms with Crippen molar-refractivity contribution in [3.8, 4) is 0 Å². The summed E-state index contributed by atoms with van der Waals surface area (Å²) < 4.78 is 0. The van der Waals surface area contributed by atoms with Crippen molar-refractivity contribution in [1.29, 1.82) is 0 Å². The number of carbonyl (C=O) groups is 1. The number of hydrogen-bond donors (Lipinski definition) is 3. The summed E-state index contributed by atoms with van der Waals surface area (Å²) in [6, 6.07) is 5.18. The first-order chi connectivity index (χ1) is 9.08. The summed E-state index contributed by atoms with van der Waals surface area (Å²) in [5.74, 6) is -0.219. The SMILES string of the molecule is CC(CNc1ccc(N)c(C(N)=O)c1)c1nccs1. The van der Waals surface area contributed by atoms with Crippen molar-refractivity contribution in [2.24, 2.45) is 5.73 Å². The Balaban J connectivity index is 2.04. The molecule has 0 aliphatic rings. The van der Waals surface area contributed by atoms with Gasteiger partial charge in [0.25, 0.3) is 5.91 Å². The number of benzene rings is 1. The Labute approximate surface area is 115 Å². The Morgan fingerprint density at radius 2 is 2.32 bits per heavy atom. The van der Waals surface area contributed by atoms with Gasteiger partial charge >= 0.3 is 0 Å². The zero-order chi connectivity index (χ0) is 13.8. The Morgan fingerprint density at radius 1 is 1.53 bits per heavy atom. The van der Waals surface area contributed by atoms with Crippen molar-refractivity contribution in [1.82, 2.24) is 4.98 Å². The number of nitrogen functional groups attached to an aromatic ring is 1. The molecule has 0 aliphatic carbocycles. The second-order valence-corrected chi connectivity index (χ2v) is 5.24. The summed E-state index contributed by atoms with van der Waals surface area (Å²) in [4.78, 5) is 15.5. The Hall–Kier alpha value is -2.08. The van der Waals surface area contributed by atoms with E-state index in [-0.39, 0.29) is 0 Å². The number of thiazole rings is 1. The number of nitrogens with two attached hydrogens (primary N) is 2. The number of aromatic nitrogens is 1. The van der Waals surface area contributed by atoms with Crippen LogP contribution in [0.5, 0.6) is 0 Å². The average molecular weight is 276 g/mol. The van der Waals surface area contributed by atoms with Gasteiger partial charge in [0.1, 0.15) is 0 Å². The highest BCUT2D eigenvalue weighted by molar-refractivity contribution is 7.09. The van der Waals surface area contributed by atoms with Gasteiger partial charge in [-0.25, -0.2) is 4.98 Å². The molecule has 0 spiro atoms. The van der Waals surface area contributed by atoms with Crippen LogP contribution in [0.1, 0.15) is 28.2 Å². The number of carbonyl (C=O) groups excluding carboxylic acids is 1. The van der Waals surface area contributed by atoms with E-state index in [0.29, 0.717) is 17.2 Å². The molecule has 0 aliphatic heterocycles. The summed E-state index contributed by atoms with van der Waals surface area (Å²) in [5.41, 5.74) is 12.5. The molecule has 1 aromatic heterocycles. The molecule has 1 unspecified atom stereocenters. The molecule has 1 atom stereocenters. The number of nitrogens with zero attached hydrogens (tertiary/aromatic N) is 1. The van der Waals surface area contributed by atoms with Gasteiger partial charge in [-0.2, -0.15) is 0 Å². The molecule has 1 aromatic carbocycles. The molecular formula is C13H16N4OS. The van der Waals surface area contributed by atoms with E-state index in [0.717, 1.165) is 17.2 Å². The molecule has 5 N–H and O–H groups in total. The monoisotopic (exact) mass is 276 g/mol. The minimum absolute atomic E-state index is 0.301. The summed E-state index contributed by atoms with van der Waals surface area (Å²) in [5, 5.41) is 6.30. The summed E-state index contributed by atoms with van der Waals surface area (Å²) in [6.45, 7) is 2.83. The first kappa shape index (κ1) is 13.4. The van der Waals surface area contributed by atoms with Crippen LogP contribution in [0.15, 0.2) is 29.8 Å². The van der Waals surface area contributed by atoms with Gasteiger partial charge in [-0.15, -0.1) is 11.3 Å². The number of hydrogen-bond acceptors (Lipinski definition) is 5. The number of nitrogens with one attached hydrogen (secondary N) is 1. The highest BCUT2D eigenvalue weighted by atomic mass is 32.1. The van der Waals surface area contributed by atoms with Gasteiger partial charge in [0, 0.05) is 35.4 Å². The maximum Gasteiger partial charge on any atom is 0.250 e. The first-order valence-electron chi connectivity index (χ1n) is 5.90. The van der Waals surface area contributed by atoms with Crippen LogP contribution in [0, 0.1) is 0 Å². The van der Waals surface area contributed by atoms with Crippen LogP contribution in [0.4, 0.5) is 11.4 Å². The Kier molecular flexibility index (Phi) is 4.01. The molecule has 2 rings (SSSR count). The van der Waals surface area contributed by atoms with E-state index < -0.39 is 5.91 Å². The number of primary amides is 1.